The molecule has 0 atom stereocenters. The quantitative estimate of drug-likeness (QED) is 0.636. The molecule has 1 heterocycles. The lowest BCUT2D eigenvalue weighted by molar-refractivity contribution is 0.479. The molecule has 0 amide bonds. The third-order valence-corrected chi connectivity index (χ3v) is 3.08. The van der Waals surface area contributed by atoms with Crippen molar-refractivity contribution in [2.24, 2.45) is 4.99 Å². The third kappa shape index (κ3) is 4.34. The van der Waals surface area contributed by atoms with Crippen LogP contribution in [0.4, 0.5) is 0 Å². The Kier molecular flexibility index (Phi) is 4.98. The molecule has 0 aliphatic heterocycles. The van der Waals surface area contributed by atoms with E-state index in [1.165, 1.54) is 5.56 Å². The van der Waals surface area contributed by atoms with E-state index in [1.54, 1.807) is 0 Å². The Hall–Kier alpha value is -2.30. The van der Waals surface area contributed by atoms with E-state index in [-0.39, 0.29) is 0 Å². The Balaban J connectivity index is 2.02. The van der Waals surface area contributed by atoms with E-state index in [1.807, 2.05) is 67.1 Å². The highest BCUT2D eigenvalue weighted by atomic mass is 15.3. The summed E-state index contributed by atoms with van der Waals surface area (Å²) in [5.74, 6) is 0.950. The fraction of sp³-hybridized carbons (Fsp3) is 0.375. The second kappa shape index (κ2) is 6.92. The first-order valence-corrected chi connectivity index (χ1v) is 7.00. The highest BCUT2D eigenvalue weighted by molar-refractivity contribution is 5.79. The predicted molar refractivity (Wildman–Crippen MR) is 86.3 cm³/mol. The van der Waals surface area contributed by atoms with E-state index in [0.29, 0.717) is 6.54 Å². The van der Waals surface area contributed by atoms with Crippen molar-refractivity contribution in [1.82, 2.24) is 19.6 Å². The molecule has 0 bridgehead atoms. The molecule has 5 heteroatoms. The van der Waals surface area contributed by atoms with Crippen LogP contribution in [0.1, 0.15) is 11.1 Å². The molecule has 21 heavy (non-hydrogen) atoms. The highest BCUT2D eigenvalue weighted by Crippen LogP contribution is 2.05. The lowest BCUT2D eigenvalue weighted by Crippen LogP contribution is -2.35. The van der Waals surface area contributed by atoms with Crippen molar-refractivity contribution in [1.29, 1.82) is 0 Å². The van der Waals surface area contributed by atoms with Gasteiger partial charge in [0.2, 0.25) is 0 Å². The molecule has 0 N–H and O–H groups in total. The first-order valence-electron chi connectivity index (χ1n) is 7.00. The van der Waals surface area contributed by atoms with Crippen LogP contribution in [0.3, 0.4) is 0 Å². The van der Waals surface area contributed by atoms with Gasteiger partial charge in [0.1, 0.15) is 0 Å². The standard InChI is InChI=1S/C16H23N5/c1-19(2)16(20(3)4)17-10-15-11-18-21(13-15)12-14-8-6-5-7-9-14/h5-9,11,13H,10,12H2,1-4H3. The summed E-state index contributed by atoms with van der Waals surface area (Å²) >= 11 is 0. The summed E-state index contributed by atoms with van der Waals surface area (Å²) in [5, 5.41) is 4.40. The smallest absolute Gasteiger partial charge is 0.195 e. The zero-order valence-corrected chi connectivity index (χ0v) is 13.2. The molecule has 0 fully saturated rings. The van der Waals surface area contributed by atoms with E-state index >= 15 is 0 Å². The van der Waals surface area contributed by atoms with Gasteiger partial charge in [-0.1, -0.05) is 30.3 Å². The van der Waals surface area contributed by atoms with Crippen LogP contribution < -0.4 is 0 Å². The Morgan fingerprint density at radius 1 is 1.05 bits per heavy atom. The van der Waals surface area contributed by atoms with Gasteiger partial charge in [-0.05, 0) is 5.56 Å². The molecule has 112 valence electrons. The molecular formula is C16H23N5. The van der Waals surface area contributed by atoms with Crippen LogP contribution in [0.15, 0.2) is 47.7 Å². The molecule has 0 saturated heterocycles. The summed E-state index contributed by atoms with van der Waals surface area (Å²) in [6, 6.07) is 10.3. The number of nitrogens with zero attached hydrogens (tertiary/aromatic N) is 5. The van der Waals surface area contributed by atoms with Gasteiger partial charge in [-0.2, -0.15) is 5.10 Å². The number of rotatable bonds is 4. The minimum absolute atomic E-state index is 0.639. The normalized spacial score (nSPS) is 10.3. The van der Waals surface area contributed by atoms with Crippen molar-refractivity contribution in [2.75, 3.05) is 28.2 Å². The van der Waals surface area contributed by atoms with Crippen molar-refractivity contribution < 1.29 is 0 Å². The van der Waals surface area contributed by atoms with Gasteiger partial charge in [-0.3, -0.25) is 4.68 Å². The van der Waals surface area contributed by atoms with Crippen LogP contribution in [0.5, 0.6) is 0 Å². The third-order valence-electron chi connectivity index (χ3n) is 3.08. The van der Waals surface area contributed by atoms with E-state index in [0.717, 1.165) is 18.1 Å². The van der Waals surface area contributed by atoms with Crippen molar-refractivity contribution in [3.8, 4) is 0 Å². The summed E-state index contributed by atoms with van der Waals surface area (Å²) in [6.07, 6.45) is 3.94. The molecule has 0 radical (unpaired) electrons. The van der Waals surface area contributed by atoms with Crippen LogP contribution in [-0.4, -0.2) is 53.7 Å². The number of aliphatic imine (C=N–C) groups is 1. The van der Waals surface area contributed by atoms with Crippen molar-refractivity contribution >= 4 is 5.96 Å². The van der Waals surface area contributed by atoms with Crippen molar-refractivity contribution in [3.63, 3.8) is 0 Å². The fourth-order valence-corrected chi connectivity index (χ4v) is 2.19. The number of guanidine groups is 1. The van der Waals surface area contributed by atoms with Gasteiger partial charge in [0.15, 0.2) is 5.96 Å². The van der Waals surface area contributed by atoms with Gasteiger partial charge in [0.05, 0.1) is 19.3 Å². The molecule has 0 aliphatic carbocycles. The number of aromatic nitrogens is 2. The molecule has 0 saturated carbocycles. The lowest BCUT2D eigenvalue weighted by atomic mass is 10.2. The van der Waals surface area contributed by atoms with Gasteiger partial charge in [-0.25, -0.2) is 4.99 Å². The molecule has 0 spiro atoms. The molecule has 1 aromatic carbocycles. The summed E-state index contributed by atoms with van der Waals surface area (Å²) in [6.45, 7) is 1.43. The van der Waals surface area contributed by atoms with Gasteiger partial charge in [0, 0.05) is 40.0 Å². The Morgan fingerprint density at radius 3 is 2.33 bits per heavy atom. The maximum absolute atomic E-state index is 4.63. The Morgan fingerprint density at radius 2 is 1.71 bits per heavy atom. The van der Waals surface area contributed by atoms with Crippen LogP contribution in [0, 0.1) is 0 Å². The van der Waals surface area contributed by atoms with Crippen LogP contribution in [-0.2, 0) is 13.1 Å². The summed E-state index contributed by atoms with van der Waals surface area (Å²) in [7, 11) is 7.99. The summed E-state index contributed by atoms with van der Waals surface area (Å²) in [4.78, 5) is 8.65. The molecule has 0 aliphatic rings. The number of hydrogen-bond acceptors (Lipinski definition) is 2. The van der Waals surface area contributed by atoms with Gasteiger partial charge < -0.3 is 9.80 Å². The van der Waals surface area contributed by atoms with Crippen LogP contribution >= 0.6 is 0 Å². The van der Waals surface area contributed by atoms with Crippen molar-refractivity contribution in [3.05, 3.63) is 53.9 Å². The minimum Gasteiger partial charge on any atom is -0.349 e. The molecule has 0 unspecified atom stereocenters. The second-order valence-corrected chi connectivity index (χ2v) is 5.44. The molecule has 5 nitrogen and oxygen atoms in total. The van der Waals surface area contributed by atoms with E-state index in [2.05, 4.69) is 28.4 Å². The van der Waals surface area contributed by atoms with Crippen LogP contribution in [0.2, 0.25) is 0 Å². The van der Waals surface area contributed by atoms with Gasteiger partial charge in [0.25, 0.3) is 0 Å². The minimum atomic E-state index is 0.639. The highest BCUT2D eigenvalue weighted by Gasteiger charge is 2.05. The lowest BCUT2D eigenvalue weighted by Gasteiger charge is -2.22. The summed E-state index contributed by atoms with van der Waals surface area (Å²) < 4.78 is 1.95. The fourth-order valence-electron chi connectivity index (χ4n) is 2.19. The van der Waals surface area contributed by atoms with Gasteiger partial charge >= 0.3 is 0 Å². The second-order valence-electron chi connectivity index (χ2n) is 5.44. The zero-order chi connectivity index (χ0) is 15.2. The topological polar surface area (TPSA) is 36.7 Å². The molecule has 1 aromatic heterocycles. The average Bonchev–Trinajstić information content (AvgIpc) is 2.87. The molecular weight excluding hydrogens is 262 g/mol. The average molecular weight is 285 g/mol. The molecule has 2 aromatic rings. The monoisotopic (exact) mass is 285 g/mol. The largest absolute Gasteiger partial charge is 0.349 e. The van der Waals surface area contributed by atoms with Crippen LogP contribution in [0.25, 0.3) is 0 Å². The number of hydrogen-bond donors (Lipinski definition) is 0. The van der Waals surface area contributed by atoms with E-state index < -0.39 is 0 Å². The Bertz CT molecular complexity index is 574. The van der Waals surface area contributed by atoms with E-state index in [9.17, 15) is 0 Å². The maximum atomic E-state index is 4.63. The first kappa shape index (κ1) is 15.1. The first-order chi connectivity index (χ1) is 10.1. The SMILES string of the molecule is CN(C)C(=NCc1cnn(Cc2ccccc2)c1)N(C)C. The zero-order valence-electron chi connectivity index (χ0n) is 13.2. The maximum Gasteiger partial charge on any atom is 0.195 e. The Labute approximate surface area is 126 Å². The van der Waals surface area contributed by atoms with Gasteiger partial charge in [-0.15, -0.1) is 0 Å². The molecule has 2 rings (SSSR count). The van der Waals surface area contributed by atoms with E-state index in [4.69, 9.17) is 0 Å². The summed E-state index contributed by atoms with van der Waals surface area (Å²) in [5.41, 5.74) is 2.37. The number of benzene rings is 1. The van der Waals surface area contributed by atoms with Crippen molar-refractivity contribution in [2.45, 2.75) is 13.1 Å². The predicted octanol–water partition coefficient (Wildman–Crippen LogP) is 1.91.